The first-order valence-corrected chi connectivity index (χ1v) is 7.04. The molecule has 0 spiro atoms. The molecule has 0 aliphatic carbocycles. The van der Waals surface area contributed by atoms with E-state index in [4.69, 9.17) is 12.2 Å². The second-order valence-corrected chi connectivity index (χ2v) is 6.94. The molecule has 0 saturated carbocycles. The fourth-order valence-electron chi connectivity index (χ4n) is 0.923. The van der Waals surface area contributed by atoms with E-state index in [9.17, 15) is 0 Å². The highest BCUT2D eigenvalue weighted by Crippen LogP contribution is 2.30. The van der Waals surface area contributed by atoms with E-state index in [-0.39, 0.29) is 0 Å². The van der Waals surface area contributed by atoms with Gasteiger partial charge in [0.25, 0.3) is 0 Å². The molecule has 0 fully saturated rings. The quantitative estimate of drug-likeness (QED) is 0.603. The van der Waals surface area contributed by atoms with Crippen LogP contribution < -0.4 is 0 Å². The van der Waals surface area contributed by atoms with E-state index in [1.165, 1.54) is 9.77 Å². The third kappa shape index (κ3) is 2.88. The molecule has 0 amide bonds. The van der Waals surface area contributed by atoms with Crippen molar-refractivity contribution in [1.82, 2.24) is 4.98 Å². The van der Waals surface area contributed by atoms with Crippen molar-refractivity contribution in [1.29, 1.82) is 0 Å². The van der Waals surface area contributed by atoms with Gasteiger partial charge in [0.2, 0.25) is 0 Å². The number of rotatable bonds is 3. The number of nitrogens with zero attached hydrogens (tertiary/aromatic N) is 1. The van der Waals surface area contributed by atoms with E-state index in [2.05, 4.69) is 10.4 Å². The summed E-state index contributed by atoms with van der Waals surface area (Å²) in [6, 6.07) is 4.08. The first-order valence-electron chi connectivity index (χ1n) is 3.95. The van der Waals surface area contributed by atoms with Gasteiger partial charge in [-0.3, -0.25) is 4.98 Å². The highest BCUT2D eigenvalue weighted by Gasteiger charge is 1.97. The normalized spacial score (nSPS) is 10.3. The standard InChI is InChI=1S/C9H7NS4/c11-9-13-6-8(14-9)12-5-7-1-3-10-4-2-7/h1-4,6H,5H2. The van der Waals surface area contributed by atoms with Crippen LogP contribution in [0.15, 0.2) is 34.1 Å². The summed E-state index contributed by atoms with van der Waals surface area (Å²) in [7, 11) is 0. The van der Waals surface area contributed by atoms with Crippen LogP contribution in [-0.2, 0) is 5.75 Å². The minimum absolute atomic E-state index is 0.991. The molecule has 0 aliphatic rings. The van der Waals surface area contributed by atoms with Crippen LogP contribution in [0.25, 0.3) is 0 Å². The van der Waals surface area contributed by atoms with E-state index in [0.717, 1.165) is 8.89 Å². The minimum Gasteiger partial charge on any atom is -0.265 e. The first-order chi connectivity index (χ1) is 6.84. The Morgan fingerprint density at radius 2 is 2.14 bits per heavy atom. The lowest BCUT2D eigenvalue weighted by Gasteiger charge is -1.97. The van der Waals surface area contributed by atoms with Crippen molar-refractivity contribution in [3.8, 4) is 0 Å². The Kier molecular flexibility index (Phi) is 3.69. The monoisotopic (exact) mass is 257 g/mol. The van der Waals surface area contributed by atoms with Crippen molar-refractivity contribution >= 4 is 46.7 Å². The van der Waals surface area contributed by atoms with Crippen LogP contribution in [0.3, 0.4) is 0 Å². The molecular weight excluding hydrogens is 250 g/mol. The second-order valence-electron chi connectivity index (χ2n) is 2.55. The Balaban J connectivity index is 1.98. The van der Waals surface area contributed by atoms with Crippen molar-refractivity contribution in [2.75, 3.05) is 0 Å². The van der Waals surface area contributed by atoms with Gasteiger partial charge in [-0.1, -0.05) is 12.2 Å². The van der Waals surface area contributed by atoms with Crippen LogP contribution in [0.2, 0.25) is 0 Å². The summed E-state index contributed by atoms with van der Waals surface area (Å²) in [5.74, 6) is 0.991. The molecule has 2 rings (SSSR count). The average molecular weight is 257 g/mol. The highest BCUT2D eigenvalue weighted by atomic mass is 32.2. The molecule has 2 heterocycles. The number of pyridine rings is 1. The molecule has 0 atom stereocenters. The van der Waals surface area contributed by atoms with E-state index in [1.807, 2.05) is 36.3 Å². The Hall–Kier alpha value is -0.230. The third-order valence-electron chi connectivity index (χ3n) is 1.57. The predicted octanol–water partition coefficient (Wildman–Crippen LogP) is 4.23. The molecule has 0 bridgehead atoms. The molecule has 72 valence electrons. The predicted molar refractivity (Wildman–Crippen MR) is 66.8 cm³/mol. The summed E-state index contributed by atoms with van der Waals surface area (Å²) < 4.78 is 2.30. The topological polar surface area (TPSA) is 12.9 Å². The van der Waals surface area contributed by atoms with Crippen molar-refractivity contribution in [2.45, 2.75) is 9.96 Å². The van der Waals surface area contributed by atoms with Gasteiger partial charge in [0.05, 0.1) is 4.21 Å². The smallest absolute Gasteiger partial charge is 0.144 e. The van der Waals surface area contributed by atoms with Crippen LogP contribution in [0.1, 0.15) is 5.56 Å². The fraction of sp³-hybridized carbons (Fsp3) is 0.111. The van der Waals surface area contributed by atoms with Crippen LogP contribution in [-0.4, -0.2) is 4.98 Å². The molecular formula is C9H7NS4. The van der Waals surface area contributed by atoms with Crippen molar-refractivity contribution in [3.05, 3.63) is 38.6 Å². The highest BCUT2D eigenvalue weighted by molar-refractivity contribution is 8.00. The SMILES string of the molecule is S=c1scc(SCc2ccncc2)s1. The number of aromatic nitrogens is 1. The molecule has 5 heteroatoms. The molecule has 0 aromatic carbocycles. The zero-order chi connectivity index (χ0) is 9.80. The summed E-state index contributed by atoms with van der Waals surface area (Å²) >= 11 is 10.2. The lowest BCUT2D eigenvalue weighted by molar-refractivity contribution is 1.27. The first kappa shape index (κ1) is 10.3. The summed E-state index contributed by atoms with van der Waals surface area (Å²) in [5.41, 5.74) is 1.30. The lowest BCUT2D eigenvalue weighted by Crippen LogP contribution is -1.78. The maximum absolute atomic E-state index is 5.08. The number of thioether (sulfide) groups is 1. The number of hydrogen-bond acceptors (Lipinski definition) is 5. The van der Waals surface area contributed by atoms with E-state index in [0.29, 0.717) is 0 Å². The Morgan fingerprint density at radius 3 is 2.79 bits per heavy atom. The zero-order valence-corrected chi connectivity index (χ0v) is 10.4. The molecule has 0 aliphatic heterocycles. The Bertz CT molecular complexity index is 445. The summed E-state index contributed by atoms with van der Waals surface area (Å²) in [4.78, 5) is 3.98. The van der Waals surface area contributed by atoms with Crippen molar-refractivity contribution < 1.29 is 0 Å². The van der Waals surface area contributed by atoms with Gasteiger partial charge in [-0.05, 0) is 17.7 Å². The van der Waals surface area contributed by atoms with Gasteiger partial charge in [0, 0.05) is 23.5 Å². The average Bonchev–Trinajstić information content (AvgIpc) is 2.63. The largest absolute Gasteiger partial charge is 0.265 e. The van der Waals surface area contributed by atoms with Gasteiger partial charge in [0.1, 0.15) is 3.14 Å². The van der Waals surface area contributed by atoms with Gasteiger partial charge < -0.3 is 0 Å². The van der Waals surface area contributed by atoms with Crippen LogP contribution in [0, 0.1) is 3.14 Å². The van der Waals surface area contributed by atoms with Gasteiger partial charge in [-0.15, -0.1) is 34.4 Å². The van der Waals surface area contributed by atoms with Crippen LogP contribution in [0.4, 0.5) is 0 Å². The minimum atomic E-state index is 0.991. The summed E-state index contributed by atoms with van der Waals surface area (Å²) in [5, 5.41) is 2.12. The second kappa shape index (κ2) is 5.02. The van der Waals surface area contributed by atoms with Crippen molar-refractivity contribution in [3.63, 3.8) is 0 Å². The van der Waals surface area contributed by atoms with Crippen LogP contribution in [0.5, 0.6) is 0 Å². The van der Waals surface area contributed by atoms with Gasteiger partial charge in [-0.25, -0.2) is 0 Å². The summed E-state index contributed by atoms with van der Waals surface area (Å²) in [6.45, 7) is 0. The molecule has 2 aromatic rings. The molecule has 2 aromatic heterocycles. The third-order valence-corrected chi connectivity index (χ3v) is 5.46. The fourth-order valence-corrected chi connectivity index (χ4v) is 4.53. The van der Waals surface area contributed by atoms with Gasteiger partial charge >= 0.3 is 0 Å². The maximum Gasteiger partial charge on any atom is 0.144 e. The van der Waals surface area contributed by atoms with E-state index >= 15 is 0 Å². The Morgan fingerprint density at radius 1 is 1.36 bits per heavy atom. The van der Waals surface area contributed by atoms with E-state index < -0.39 is 0 Å². The lowest BCUT2D eigenvalue weighted by atomic mass is 10.3. The molecule has 1 nitrogen and oxygen atoms in total. The van der Waals surface area contributed by atoms with Crippen molar-refractivity contribution in [2.24, 2.45) is 0 Å². The van der Waals surface area contributed by atoms with Crippen LogP contribution >= 0.6 is 46.7 Å². The molecule has 0 radical (unpaired) electrons. The Labute approximate surface area is 99.8 Å². The summed E-state index contributed by atoms with van der Waals surface area (Å²) in [6.07, 6.45) is 3.65. The molecule has 14 heavy (non-hydrogen) atoms. The molecule has 0 saturated heterocycles. The molecule has 0 N–H and O–H groups in total. The van der Waals surface area contributed by atoms with Gasteiger partial charge in [0.15, 0.2) is 0 Å². The zero-order valence-electron chi connectivity index (χ0n) is 7.17. The number of hydrogen-bond donors (Lipinski definition) is 0. The van der Waals surface area contributed by atoms with E-state index in [1.54, 1.807) is 22.7 Å². The van der Waals surface area contributed by atoms with Gasteiger partial charge in [-0.2, -0.15) is 0 Å². The maximum atomic E-state index is 5.08. The molecule has 0 unspecified atom stereocenters.